The monoisotopic (exact) mass is 359 g/mol. The van der Waals surface area contributed by atoms with Crippen molar-refractivity contribution in [2.45, 2.75) is 20.0 Å². The average molecular weight is 359 g/mol. The fraction of sp³-hybridized carbons (Fsp3) is 0.200. The van der Waals surface area contributed by atoms with Crippen LogP contribution in [0.4, 0.5) is 16.2 Å². The molecule has 3 rings (SSSR count). The highest BCUT2D eigenvalue weighted by molar-refractivity contribution is 5.88. The van der Waals surface area contributed by atoms with Crippen LogP contribution in [-0.4, -0.2) is 35.4 Å². The lowest BCUT2D eigenvalue weighted by molar-refractivity contribution is -0.392. The minimum Gasteiger partial charge on any atom is -0.358 e. The van der Waals surface area contributed by atoms with E-state index in [4.69, 9.17) is 0 Å². The van der Waals surface area contributed by atoms with Gasteiger partial charge in [-0.2, -0.15) is 0 Å². The Balaban J connectivity index is 1.65. The lowest BCUT2D eigenvalue weighted by Crippen LogP contribution is -2.21. The van der Waals surface area contributed by atoms with Crippen LogP contribution in [0.2, 0.25) is 0 Å². The van der Waals surface area contributed by atoms with Gasteiger partial charge in [-0.15, -0.1) is 9.78 Å². The number of halogens is 1. The summed E-state index contributed by atoms with van der Waals surface area (Å²) in [6.45, 7) is 1.39. The third-order valence-electron chi connectivity index (χ3n) is 3.44. The molecule has 0 atom stereocenters. The predicted molar refractivity (Wildman–Crippen MR) is 87.8 cm³/mol. The van der Waals surface area contributed by atoms with Crippen molar-refractivity contribution in [2.24, 2.45) is 0 Å². The van der Waals surface area contributed by atoms with Crippen molar-refractivity contribution in [3.05, 3.63) is 63.8 Å². The van der Waals surface area contributed by atoms with Crippen LogP contribution in [0.3, 0.4) is 0 Å². The number of nitro groups is 1. The molecule has 134 valence electrons. The second-order valence-corrected chi connectivity index (χ2v) is 5.46. The number of carbonyl (C=O) groups is 1. The van der Waals surface area contributed by atoms with Crippen LogP contribution >= 0.6 is 0 Å². The highest BCUT2D eigenvalue weighted by Crippen LogP contribution is 2.13. The molecule has 1 amide bonds. The zero-order valence-electron chi connectivity index (χ0n) is 13.7. The molecule has 0 fully saturated rings. The molecule has 11 heteroatoms. The maximum absolute atomic E-state index is 13.6. The van der Waals surface area contributed by atoms with Gasteiger partial charge in [0.25, 0.3) is 5.91 Å². The maximum atomic E-state index is 13.6. The van der Waals surface area contributed by atoms with Crippen LogP contribution in [0, 0.1) is 22.9 Å². The number of amides is 1. The summed E-state index contributed by atoms with van der Waals surface area (Å²) in [6.07, 6.45) is 1.35. The fourth-order valence-electron chi connectivity index (χ4n) is 2.32. The van der Waals surface area contributed by atoms with Crippen LogP contribution in [0.1, 0.15) is 11.3 Å². The molecule has 0 aliphatic carbocycles. The van der Waals surface area contributed by atoms with Crippen molar-refractivity contribution in [3.63, 3.8) is 0 Å². The van der Waals surface area contributed by atoms with Gasteiger partial charge in [0, 0.05) is 5.56 Å². The molecular formula is C15H14FN7O3. The molecule has 0 saturated heterocycles. The molecule has 1 N–H and O–H groups in total. The average Bonchev–Trinajstić information content (AvgIpc) is 3.16. The van der Waals surface area contributed by atoms with E-state index in [2.05, 4.69) is 20.5 Å². The van der Waals surface area contributed by atoms with Gasteiger partial charge in [-0.3, -0.25) is 10.1 Å². The molecule has 0 bridgehead atoms. The molecule has 0 aliphatic rings. The van der Waals surface area contributed by atoms with E-state index in [1.165, 1.54) is 23.1 Å². The van der Waals surface area contributed by atoms with E-state index < -0.39 is 10.8 Å². The molecule has 26 heavy (non-hydrogen) atoms. The van der Waals surface area contributed by atoms with Gasteiger partial charge in [0.2, 0.25) is 5.95 Å². The molecule has 0 radical (unpaired) electrons. The van der Waals surface area contributed by atoms with E-state index >= 15 is 0 Å². The number of hydrogen-bond donors (Lipinski definition) is 1. The third-order valence-corrected chi connectivity index (χ3v) is 3.44. The molecular weight excluding hydrogens is 345 g/mol. The molecule has 2 aromatic heterocycles. The standard InChI is InChI=1S/C15H14FN7O3/c1-10-6-14(23(25)26)22(19-10)8-13(24)18-15-17-9-21(20-15)7-11-4-2-3-5-12(11)16/h2-6,9H,7-8H2,1H3,(H,18,20,24). The Kier molecular flexibility index (Phi) is 4.69. The van der Waals surface area contributed by atoms with Gasteiger partial charge < -0.3 is 10.1 Å². The third kappa shape index (κ3) is 3.88. The van der Waals surface area contributed by atoms with Crippen molar-refractivity contribution < 1.29 is 14.1 Å². The second-order valence-electron chi connectivity index (χ2n) is 5.46. The Labute approximate surface area is 146 Å². The summed E-state index contributed by atoms with van der Waals surface area (Å²) in [4.78, 5) is 26.3. The number of aryl methyl sites for hydroxylation is 1. The van der Waals surface area contributed by atoms with E-state index in [1.54, 1.807) is 25.1 Å². The summed E-state index contributed by atoms with van der Waals surface area (Å²) in [5, 5.41) is 21.3. The van der Waals surface area contributed by atoms with Gasteiger partial charge in [0.1, 0.15) is 12.1 Å². The lowest BCUT2D eigenvalue weighted by atomic mass is 10.2. The first-order valence-electron chi connectivity index (χ1n) is 7.54. The first-order chi connectivity index (χ1) is 12.4. The van der Waals surface area contributed by atoms with Gasteiger partial charge >= 0.3 is 5.82 Å². The Morgan fingerprint density at radius 1 is 1.35 bits per heavy atom. The maximum Gasteiger partial charge on any atom is 0.345 e. The number of hydrogen-bond acceptors (Lipinski definition) is 6. The van der Waals surface area contributed by atoms with Crippen LogP contribution in [0.15, 0.2) is 36.7 Å². The minimum atomic E-state index is -0.616. The largest absolute Gasteiger partial charge is 0.358 e. The highest BCUT2D eigenvalue weighted by atomic mass is 19.1. The molecule has 0 saturated carbocycles. The van der Waals surface area contributed by atoms with Gasteiger partial charge in [0.15, 0.2) is 6.54 Å². The highest BCUT2D eigenvalue weighted by Gasteiger charge is 2.20. The van der Waals surface area contributed by atoms with Crippen LogP contribution < -0.4 is 5.32 Å². The van der Waals surface area contributed by atoms with Crippen LogP contribution in [-0.2, 0) is 17.9 Å². The number of rotatable bonds is 6. The van der Waals surface area contributed by atoms with Gasteiger partial charge in [0.05, 0.1) is 18.3 Å². The first-order valence-corrected chi connectivity index (χ1v) is 7.54. The summed E-state index contributed by atoms with van der Waals surface area (Å²) in [7, 11) is 0. The number of nitrogens with zero attached hydrogens (tertiary/aromatic N) is 6. The molecule has 2 heterocycles. The molecule has 3 aromatic rings. The van der Waals surface area contributed by atoms with E-state index in [-0.39, 0.29) is 30.7 Å². The summed E-state index contributed by atoms with van der Waals surface area (Å²) < 4.78 is 16.0. The van der Waals surface area contributed by atoms with Crippen molar-refractivity contribution in [1.29, 1.82) is 0 Å². The number of benzene rings is 1. The van der Waals surface area contributed by atoms with E-state index in [1.807, 2.05) is 0 Å². The summed E-state index contributed by atoms with van der Waals surface area (Å²) in [5.41, 5.74) is 0.856. The molecule has 0 aliphatic heterocycles. The molecule has 0 unspecified atom stereocenters. The van der Waals surface area contributed by atoms with E-state index in [9.17, 15) is 19.3 Å². The summed E-state index contributed by atoms with van der Waals surface area (Å²) in [6, 6.07) is 7.52. The Bertz CT molecular complexity index is 966. The summed E-state index contributed by atoms with van der Waals surface area (Å²) >= 11 is 0. The van der Waals surface area contributed by atoms with Crippen molar-refractivity contribution in [2.75, 3.05) is 5.32 Å². The fourth-order valence-corrected chi connectivity index (χ4v) is 2.32. The second kappa shape index (κ2) is 7.09. The number of nitrogens with one attached hydrogen (secondary N) is 1. The number of carbonyl (C=O) groups excluding carboxylic acids is 1. The van der Waals surface area contributed by atoms with Crippen molar-refractivity contribution >= 4 is 17.7 Å². The normalized spacial score (nSPS) is 10.7. The molecule has 10 nitrogen and oxygen atoms in total. The van der Waals surface area contributed by atoms with Gasteiger partial charge in [-0.25, -0.2) is 14.1 Å². The van der Waals surface area contributed by atoms with E-state index in [0.29, 0.717) is 11.3 Å². The number of anilines is 1. The van der Waals surface area contributed by atoms with Crippen molar-refractivity contribution in [1.82, 2.24) is 24.5 Å². The quantitative estimate of drug-likeness (QED) is 0.526. The summed E-state index contributed by atoms with van der Waals surface area (Å²) in [5.74, 6) is -1.21. The van der Waals surface area contributed by atoms with E-state index in [0.717, 1.165) is 4.68 Å². The topological polar surface area (TPSA) is 121 Å². The van der Waals surface area contributed by atoms with Gasteiger partial charge in [-0.1, -0.05) is 23.3 Å². The zero-order chi connectivity index (χ0) is 18.7. The predicted octanol–water partition coefficient (Wildman–Crippen LogP) is 1.52. The van der Waals surface area contributed by atoms with Crippen molar-refractivity contribution in [3.8, 4) is 0 Å². The SMILES string of the molecule is Cc1cc([N+](=O)[O-])n(CC(=O)Nc2ncn(Cc3ccccc3F)n2)n1. The minimum absolute atomic E-state index is 0.0119. The Morgan fingerprint density at radius 3 is 2.85 bits per heavy atom. The molecule has 1 aromatic carbocycles. The Hall–Kier alpha value is -3.63. The lowest BCUT2D eigenvalue weighted by Gasteiger charge is -2.02. The van der Waals surface area contributed by atoms with Gasteiger partial charge in [-0.05, 0) is 17.9 Å². The smallest absolute Gasteiger partial charge is 0.345 e. The first kappa shape index (κ1) is 17.2. The van der Waals surface area contributed by atoms with Crippen LogP contribution in [0.5, 0.6) is 0 Å². The van der Waals surface area contributed by atoms with Crippen LogP contribution in [0.25, 0.3) is 0 Å². The number of aromatic nitrogens is 5. The Morgan fingerprint density at radius 2 is 2.12 bits per heavy atom. The molecule has 0 spiro atoms. The zero-order valence-corrected chi connectivity index (χ0v) is 13.7.